The standard InChI is InChI=1S/C30H25F2N3O3S/c1-35-22-4-3-17(9-18(22)12-33-35)26-20-5-8-39-27(20)25(28(34-26)30-13-29(14-30,15-30)16-36)24-21(32)10-19(31)11-23(24)38-7-6-37-2/h3-5,8-12,16H,6-7,13-15H2,1-2H3. The highest BCUT2D eigenvalue weighted by Gasteiger charge is 2.70. The van der Waals surface area contributed by atoms with E-state index in [2.05, 4.69) is 11.2 Å². The molecule has 39 heavy (non-hydrogen) atoms. The van der Waals surface area contributed by atoms with Crippen molar-refractivity contribution in [3.8, 4) is 28.1 Å². The van der Waals surface area contributed by atoms with Gasteiger partial charge in [0.25, 0.3) is 0 Å². The molecule has 3 heterocycles. The minimum atomic E-state index is -0.715. The summed E-state index contributed by atoms with van der Waals surface area (Å²) in [6, 6.07) is 10.2. The predicted octanol–water partition coefficient (Wildman–Crippen LogP) is 6.44. The SMILES string of the molecule is COCCOc1cc(F)cc(F)c1-c1c(C23CC(C=O)(C2)C3)nc(-c2ccc3c(cnn3C)c2)c2ccsc12. The van der Waals surface area contributed by atoms with Crippen LogP contribution in [0.2, 0.25) is 0 Å². The lowest BCUT2D eigenvalue weighted by Crippen LogP contribution is -2.65. The lowest BCUT2D eigenvalue weighted by Gasteiger charge is -2.68. The van der Waals surface area contributed by atoms with Crippen molar-refractivity contribution < 1.29 is 23.0 Å². The molecule has 0 saturated heterocycles. The summed E-state index contributed by atoms with van der Waals surface area (Å²) in [6.45, 7) is 0.421. The van der Waals surface area contributed by atoms with Gasteiger partial charge in [-0.25, -0.2) is 8.78 Å². The van der Waals surface area contributed by atoms with Crippen LogP contribution in [0, 0.1) is 17.0 Å². The smallest absolute Gasteiger partial charge is 0.137 e. The van der Waals surface area contributed by atoms with E-state index in [1.54, 1.807) is 7.11 Å². The number of hydrogen-bond acceptors (Lipinski definition) is 6. The van der Waals surface area contributed by atoms with Crippen molar-refractivity contribution in [1.82, 2.24) is 14.8 Å². The van der Waals surface area contributed by atoms with Crippen LogP contribution in [-0.4, -0.2) is 41.4 Å². The minimum Gasteiger partial charge on any atom is -0.490 e. The Bertz CT molecular complexity index is 1770. The number of aryl methyl sites for hydroxylation is 1. The third-order valence-electron chi connectivity index (χ3n) is 8.26. The quantitative estimate of drug-likeness (QED) is 0.166. The fourth-order valence-corrected chi connectivity index (χ4v) is 7.50. The number of aldehydes is 1. The second-order valence-corrected chi connectivity index (χ2v) is 11.7. The lowest BCUT2D eigenvalue weighted by atomic mass is 9.34. The van der Waals surface area contributed by atoms with Gasteiger partial charge in [0.1, 0.15) is 30.3 Å². The van der Waals surface area contributed by atoms with E-state index >= 15 is 4.39 Å². The van der Waals surface area contributed by atoms with Gasteiger partial charge in [0, 0.05) is 63.7 Å². The topological polar surface area (TPSA) is 66.2 Å². The van der Waals surface area contributed by atoms with Crippen molar-refractivity contribution in [2.75, 3.05) is 20.3 Å². The summed E-state index contributed by atoms with van der Waals surface area (Å²) < 4.78 is 43.8. The van der Waals surface area contributed by atoms with Gasteiger partial charge in [0.2, 0.25) is 0 Å². The number of nitrogens with zero attached hydrogens (tertiary/aromatic N) is 3. The first-order chi connectivity index (χ1) is 18.9. The first kappa shape index (κ1) is 24.4. The number of aromatic nitrogens is 3. The van der Waals surface area contributed by atoms with Gasteiger partial charge in [-0.15, -0.1) is 11.3 Å². The molecular weight excluding hydrogens is 520 g/mol. The maximum atomic E-state index is 15.7. The number of pyridine rings is 1. The van der Waals surface area contributed by atoms with Crippen molar-refractivity contribution >= 4 is 38.6 Å². The molecule has 3 aliphatic carbocycles. The molecule has 2 aromatic carbocycles. The van der Waals surface area contributed by atoms with E-state index in [0.29, 0.717) is 24.8 Å². The van der Waals surface area contributed by atoms with E-state index in [1.807, 2.05) is 41.5 Å². The van der Waals surface area contributed by atoms with Crippen LogP contribution in [0.15, 0.2) is 48.0 Å². The summed E-state index contributed by atoms with van der Waals surface area (Å²) in [5, 5.41) is 8.21. The molecule has 0 radical (unpaired) electrons. The first-order valence-corrected chi connectivity index (χ1v) is 13.7. The average molecular weight is 546 g/mol. The zero-order valence-electron chi connectivity index (χ0n) is 21.5. The number of hydrogen-bond donors (Lipinski definition) is 0. The molecule has 0 amide bonds. The second-order valence-electron chi connectivity index (χ2n) is 10.8. The van der Waals surface area contributed by atoms with Crippen molar-refractivity contribution in [1.29, 1.82) is 0 Å². The van der Waals surface area contributed by atoms with Crippen LogP contribution in [0.1, 0.15) is 25.0 Å². The van der Waals surface area contributed by atoms with E-state index in [9.17, 15) is 9.18 Å². The summed E-state index contributed by atoms with van der Waals surface area (Å²) in [4.78, 5) is 17.0. The molecule has 0 atom stereocenters. The number of carbonyl (C=O) groups is 1. The zero-order valence-corrected chi connectivity index (χ0v) is 22.3. The number of methoxy groups -OCH3 is 1. The third kappa shape index (κ3) is 3.56. The Labute approximate surface area is 227 Å². The number of carbonyl (C=O) groups excluding carboxylic acids is 1. The molecule has 0 N–H and O–H groups in total. The Balaban J connectivity index is 1.49. The van der Waals surface area contributed by atoms with E-state index < -0.39 is 11.6 Å². The van der Waals surface area contributed by atoms with Gasteiger partial charge in [0.05, 0.1) is 35.3 Å². The largest absolute Gasteiger partial charge is 0.490 e. The molecule has 9 heteroatoms. The Hall–Kier alpha value is -3.69. The maximum absolute atomic E-state index is 15.7. The number of fused-ring (bicyclic) bond motifs is 2. The number of halogens is 2. The van der Waals surface area contributed by atoms with Crippen LogP contribution >= 0.6 is 11.3 Å². The fraction of sp³-hybridized carbons (Fsp3) is 0.300. The minimum absolute atomic E-state index is 0.114. The zero-order chi connectivity index (χ0) is 26.9. The molecule has 3 saturated carbocycles. The summed E-state index contributed by atoms with van der Waals surface area (Å²) in [7, 11) is 3.44. The fourth-order valence-electron chi connectivity index (χ4n) is 6.56. The molecule has 0 unspecified atom stereocenters. The van der Waals surface area contributed by atoms with Crippen LogP contribution < -0.4 is 4.74 Å². The Morgan fingerprint density at radius 3 is 2.69 bits per heavy atom. The molecule has 3 fully saturated rings. The van der Waals surface area contributed by atoms with Gasteiger partial charge in [-0.3, -0.25) is 9.67 Å². The van der Waals surface area contributed by atoms with Crippen molar-refractivity contribution in [3.63, 3.8) is 0 Å². The predicted molar refractivity (Wildman–Crippen MR) is 146 cm³/mol. The van der Waals surface area contributed by atoms with Gasteiger partial charge in [-0.2, -0.15) is 5.10 Å². The number of benzene rings is 2. The normalized spacial score (nSPS) is 21.6. The Kier molecular flexibility index (Phi) is 5.41. The lowest BCUT2D eigenvalue weighted by molar-refractivity contribution is -0.160. The highest BCUT2D eigenvalue weighted by Crippen LogP contribution is 2.73. The summed E-state index contributed by atoms with van der Waals surface area (Å²) >= 11 is 1.50. The molecule has 8 rings (SSSR count). The highest BCUT2D eigenvalue weighted by molar-refractivity contribution is 7.17. The van der Waals surface area contributed by atoms with E-state index in [4.69, 9.17) is 14.5 Å². The molecule has 0 aliphatic heterocycles. The van der Waals surface area contributed by atoms with Gasteiger partial charge in [-0.05, 0) is 42.8 Å². The van der Waals surface area contributed by atoms with E-state index in [-0.39, 0.29) is 35.4 Å². The van der Waals surface area contributed by atoms with Crippen LogP contribution in [-0.2, 0) is 22.0 Å². The maximum Gasteiger partial charge on any atom is 0.137 e. The monoisotopic (exact) mass is 545 g/mol. The molecule has 5 aromatic rings. The van der Waals surface area contributed by atoms with Crippen molar-refractivity contribution in [2.24, 2.45) is 12.5 Å². The molecule has 3 aromatic heterocycles. The van der Waals surface area contributed by atoms with Crippen LogP contribution in [0.4, 0.5) is 8.78 Å². The van der Waals surface area contributed by atoms with Crippen LogP contribution in [0.25, 0.3) is 43.4 Å². The Morgan fingerprint density at radius 1 is 1.10 bits per heavy atom. The molecule has 0 spiro atoms. The molecular formula is C30H25F2N3O3S. The molecule has 6 nitrogen and oxygen atoms in total. The van der Waals surface area contributed by atoms with Gasteiger partial charge in [-0.1, -0.05) is 6.07 Å². The summed E-state index contributed by atoms with van der Waals surface area (Å²) in [5.41, 5.74) is 3.63. The number of rotatable bonds is 8. The Morgan fingerprint density at radius 2 is 1.92 bits per heavy atom. The molecule has 3 aliphatic rings. The first-order valence-electron chi connectivity index (χ1n) is 12.8. The summed E-state index contributed by atoms with van der Waals surface area (Å²) in [6.07, 6.45) is 4.89. The average Bonchev–Trinajstić information content (AvgIpc) is 3.50. The van der Waals surface area contributed by atoms with Crippen molar-refractivity contribution in [3.05, 3.63) is 65.3 Å². The van der Waals surface area contributed by atoms with E-state index in [0.717, 1.165) is 50.3 Å². The second kappa shape index (κ2) is 8.66. The van der Waals surface area contributed by atoms with E-state index in [1.165, 1.54) is 17.4 Å². The van der Waals surface area contributed by atoms with Crippen molar-refractivity contribution in [2.45, 2.75) is 24.7 Å². The van der Waals surface area contributed by atoms with Gasteiger partial charge in [0.15, 0.2) is 0 Å². The van der Waals surface area contributed by atoms with Gasteiger partial charge >= 0.3 is 0 Å². The number of ether oxygens (including phenoxy) is 2. The van der Waals surface area contributed by atoms with Gasteiger partial charge < -0.3 is 14.3 Å². The number of thiophene rings is 1. The molecule has 2 bridgehead atoms. The van der Waals surface area contributed by atoms with Crippen LogP contribution in [0.5, 0.6) is 5.75 Å². The molecule has 198 valence electrons. The summed E-state index contributed by atoms with van der Waals surface area (Å²) in [5.74, 6) is -1.31. The highest BCUT2D eigenvalue weighted by atomic mass is 32.1. The van der Waals surface area contributed by atoms with Crippen LogP contribution in [0.3, 0.4) is 0 Å². The third-order valence-corrected chi connectivity index (χ3v) is 9.20.